The average Bonchev–Trinajstić information content (AvgIpc) is 2.51. The Bertz CT molecular complexity index is 550. The zero-order valence-corrected chi connectivity index (χ0v) is 15.2. The highest BCUT2D eigenvalue weighted by atomic mass is 16.5. The highest BCUT2D eigenvalue weighted by Gasteiger charge is 2.47. The number of hydrogen-bond donors (Lipinski definition) is 1. The first-order valence-electron chi connectivity index (χ1n) is 8.92. The fourth-order valence-electron chi connectivity index (χ4n) is 4.21. The molecule has 0 radical (unpaired) electrons. The van der Waals surface area contributed by atoms with Crippen LogP contribution in [0, 0.1) is 23.7 Å². The summed E-state index contributed by atoms with van der Waals surface area (Å²) in [6.45, 7) is 4.84. The van der Waals surface area contributed by atoms with Crippen LogP contribution in [-0.4, -0.2) is 41.6 Å². The number of esters is 2. The lowest BCUT2D eigenvalue weighted by Crippen LogP contribution is -2.49. The molecule has 0 amide bonds. The Kier molecular flexibility index (Phi) is 6.38. The Morgan fingerprint density at radius 2 is 1.84 bits per heavy atom. The van der Waals surface area contributed by atoms with Crippen molar-refractivity contribution in [3.05, 3.63) is 12.2 Å². The normalized spacial score (nSPS) is 34.1. The smallest absolute Gasteiger partial charge is 0.302 e. The summed E-state index contributed by atoms with van der Waals surface area (Å²) in [6, 6.07) is 0. The second-order valence-corrected chi connectivity index (χ2v) is 7.43. The topological polar surface area (TPSA) is 89.9 Å². The minimum atomic E-state index is -1.18. The van der Waals surface area contributed by atoms with Crippen LogP contribution >= 0.6 is 0 Å². The van der Waals surface area contributed by atoms with Crippen LogP contribution in [-0.2, 0) is 23.9 Å². The van der Waals surface area contributed by atoms with E-state index in [0.717, 1.165) is 19.3 Å². The molecule has 0 heterocycles. The number of aliphatic hydroxyl groups is 1. The molecule has 25 heavy (non-hydrogen) atoms. The van der Waals surface area contributed by atoms with Crippen molar-refractivity contribution in [3.8, 4) is 0 Å². The van der Waals surface area contributed by atoms with Gasteiger partial charge in [0.05, 0.1) is 24.7 Å². The third kappa shape index (κ3) is 5.14. The van der Waals surface area contributed by atoms with E-state index >= 15 is 0 Å². The van der Waals surface area contributed by atoms with Gasteiger partial charge in [-0.3, -0.25) is 14.4 Å². The fourth-order valence-corrected chi connectivity index (χ4v) is 4.21. The van der Waals surface area contributed by atoms with Crippen molar-refractivity contribution < 1.29 is 29.0 Å². The van der Waals surface area contributed by atoms with Gasteiger partial charge in [0.15, 0.2) is 0 Å². The van der Waals surface area contributed by atoms with Gasteiger partial charge in [-0.05, 0) is 43.9 Å². The molecule has 6 heteroatoms. The first-order valence-corrected chi connectivity index (χ1v) is 8.92. The Morgan fingerprint density at radius 3 is 2.48 bits per heavy atom. The Morgan fingerprint density at radius 1 is 1.16 bits per heavy atom. The molecule has 0 spiro atoms. The summed E-state index contributed by atoms with van der Waals surface area (Å²) in [5, 5.41) is 10.7. The lowest BCUT2D eigenvalue weighted by Gasteiger charge is -2.46. The molecule has 6 nitrogen and oxygen atoms in total. The number of allylic oxidation sites excluding steroid dienone is 1. The molecule has 0 saturated heterocycles. The number of fused-ring (bicyclic) bond motifs is 1. The number of ketones is 1. The highest BCUT2D eigenvalue weighted by Crippen LogP contribution is 2.46. The monoisotopic (exact) mass is 352 g/mol. The number of ether oxygens (including phenoxy) is 2. The van der Waals surface area contributed by atoms with Gasteiger partial charge in [0.25, 0.3) is 0 Å². The van der Waals surface area contributed by atoms with E-state index in [9.17, 15) is 19.5 Å². The van der Waals surface area contributed by atoms with Crippen molar-refractivity contribution in [2.45, 2.75) is 52.1 Å². The van der Waals surface area contributed by atoms with E-state index in [4.69, 9.17) is 9.47 Å². The maximum Gasteiger partial charge on any atom is 0.302 e. The van der Waals surface area contributed by atoms with Crippen LogP contribution in [0.5, 0.6) is 0 Å². The number of rotatable bonds is 6. The fraction of sp³-hybridized carbons (Fsp3) is 0.737. The van der Waals surface area contributed by atoms with Crippen LogP contribution in [0.1, 0.15) is 46.5 Å². The SMILES string of the molecule is CC(=O)OCCC(=O)[C@@H]1[C@H]2CC[C@H](COC(C)=O)C[C@@H]2C=C[C@@]1(C)O. The van der Waals surface area contributed by atoms with Gasteiger partial charge >= 0.3 is 11.9 Å². The summed E-state index contributed by atoms with van der Waals surface area (Å²) < 4.78 is 10.00. The van der Waals surface area contributed by atoms with Gasteiger partial charge in [0.2, 0.25) is 0 Å². The molecule has 5 atom stereocenters. The van der Waals surface area contributed by atoms with Gasteiger partial charge in [-0.25, -0.2) is 0 Å². The van der Waals surface area contributed by atoms with Gasteiger partial charge in [-0.1, -0.05) is 12.2 Å². The van der Waals surface area contributed by atoms with Gasteiger partial charge in [0.1, 0.15) is 5.78 Å². The molecule has 2 rings (SSSR count). The van der Waals surface area contributed by atoms with E-state index in [2.05, 4.69) is 0 Å². The molecule has 0 bridgehead atoms. The third-order valence-corrected chi connectivity index (χ3v) is 5.33. The van der Waals surface area contributed by atoms with Crippen LogP contribution in [0.25, 0.3) is 0 Å². The first kappa shape index (κ1) is 19.6. The maximum absolute atomic E-state index is 12.7. The second-order valence-electron chi connectivity index (χ2n) is 7.43. The molecule has 2 aliphatic rings. The highest BCUT2D eigenvalue weighted by molar-refractivity contribution is 5.83. The van der Waals surface area contributed by atoms with Crippen LogP contribution in [0.3, 0.4) is 0 Å². The predicted molar refractivity (Wildman–Crippen MR) is 90.5 cm³/mol. The molecule has 0 unspecified atom stereocenters. The molecule has 2 aliphatic carbocycles. The standard InChI is InChI=1S/C19H28O6/c1-12(20)24-9-7-17(22)18-16-5-4-14(11-25-13(2)21)10-15(16)6-8-19(18,3)23/h6,8,14-16,18,23H,4-5,7,9-11H2,1-3H3/t14-,15-,16-,18-,19+/m0/s1. The molecule has 0 aliphatic heterocycles. The Hall–Kier alpha value is -1.69. The number of hydrogen-bond acceptors (Lipinski definition) is 6. The molecule has 0 aromatic heterocycles. The number of carbonyl (C=O) groups is 3. The van der Waals surface area contributed by atoms with Crippen molar-refractivity contribution in [2.75, 3.05) is 13.2 Å². The van der Waals surface area contributed by atoms with Crippen LogP contribution in [0.2, 0.25) is 0 Å². The minimum Gasteiger partial charge on any atom is -0.466 e. The molecule has 1 saturated carbocycles. The van der Waals surface area contributed by atoms with Gasteiger partial charge in [-0.2, -0.15) is 0 Å². The Labute approximate surface area is 148 Å². The summed E-state index contributed by atoms with van der Waals surface area (Å²) in [5.41, 5.74) is -1.18. The molecule has 140 valence electrons. The number of carbonyl (C=O) groups excluding carboxylic acids is 3. The second kappa shape index (κ2) is 8.13. The maximum atomic E-state index is 12.7. The number of Topliss-reactive ketones (excluding diaryl/α,β-unsaturated/α-hetero) is 1. The first-order chi connectivity index (χ1) is 11.7. The van der Waals surface area contributed by atoms with E-state index in [-0.39, 0.29) is 42.5 Å². The summed E-state index contributed by atoms with van der Waals surface area (Å²) >= 11 is 0. The largest absolute Gasteiger partial charge is 0.466 e. The summed E-state index contributed by atoms with van der Waals surface area (Å²) in [4.78, 5) is 34.6. The zero-order valence-electron chi connectivity index (χ0n) is 15.2. The van der Waals surface area contributed by atoms with Gasteiger partial charge in [0, 0.05) is 20.3 Å². The summed E-state index contributed by atoms with van der Waals surface area (Å²) in [5.74, 6) is -0.697. The van der Waals surface area contributed by atoms with Gasteiger partial charge < -0.3 is 14.6 Å². The molecule has 1 fully saturated rings. The third-order valence-electron chi connectivity index (χ3n) is 5.33. The summed E-state index contributed by atoms with van der Waals surface area (Å²) in [7, 11) is 0. The van der Waals surface area contributed by atoms with Crippen molar-refractivity contribution in [1.29, 1.82) is 0 Å². The van der Waals surface area contributed by atoms with E-state index < -0.39 is 17.5 Å². The molecule has 0 aromatic rings. The van der Waals surface area contributed by atoms with E-state index in [1.54, 1.807) is 13.0 Å². The van der Waals surface area contributed by atoms with Gasteiger partial charge in [-0.15, -0.1) is 0 Å². The lowest BCUT2D eigenvalue weighted by molar-refractivity contribution is -0.143. The molecular formula is C19H28O6. The quantitative estimate of drug-likeness (QED) is 0.581. The molecule has 1 N–H and O–H groups in total. The van der Waals surface area contributed by atoms with Crippen LogP contribution in [0.15, 0.2) is 12.2 Å². The van der Waals surface area contributed by atoms with E-state index in [1.807, 2.05) is 6.08 Å². The van der Waals surface area contributed by atoms with Crippen molar-refractivity contribution in [3.63, 3.8) is 0 Å². The predicted octanol–water partition coefficient (Wildman–Crippen LogP) is 2.04. The van der Waals surface area contributed by atoms with Crippen molar-refractivity contribution >= 4 is 17.7 Å². The lowest BCUT2D eigenvalue weighted by atomic mass is 9.60. The van der Waals surface area contributed by atoms with Crippen LogP contribution < -0.4 is 0 Å². The van der Waals surface area contributed by atoms with Crippen molar-refractivity contribution in [1.82, 2.24) is 0 Å². The summed E-state index contributed by atoms with van der Waals surface area (Å²) in [6.07, 6.45) is 6.36. The van der Waals surface area contributed by atoms with E-state index in [1.165, 1.54) is 13.8 Å². The minimum absolute atomic E-state index is 0.0525. The zero-order chi connectivity index (χ0) is 18.6. The molecule has 0 aromatic carbocycles. The average molecular weight is 352 g/mol. The molecular weight excluding hydrogens is 324 g/mol. The van der Waals surface area contributed by atoms with Crippen molar-refractivity contribution in [2.24, 2.45) is 23.7 Å². The Balaban J connectivity index is 2.03. The van der Waals surface area contributed by atoms with Crippen LogP contribution in [0.4, 0.5) is 0 Å². The van der Waals surface area contributed by atoms with E-state index in [0.29, 0.717) is 6.61 Å².